The van der Waals surface area contributed by atoms with Crippen molar-refractivity contribution in [1.82, 2.24) is 25.4 Å². The summed E-state index contributed by atoms with van der Waals surface area (Å²) in [6.45, 7) is 14.3. The Kier molecular flexibility index (Phi) is 13.5. The van der Waals surface area contributed by atoms with Gasteiger partial charge in [0.15, 0.2) is 11.3 Å². The third-order valence-corrected chi connectivity index (χ3v) is 9.81. The molecule has 2 aromatic carbocycles. The normalized spacial score (nSPS) is 17.0. The number of rotatable bonds is 15. The van der Waals surface area contributed by atoms with Crippen molar-refractivity contribution in [3.63, 3.8) is 0 Å². The van der Waals surface area contributed by atoms with Gasteiger partial charge in [-0.15, -0.1) is 0 Å². The number of piperidine rings is 1. The van der Waals surface area contributed by atoms with Crippen LogP contribution >= 0.6 is 0 Å². The number of ether oxygens (including phenoxy) is 1. The maximum atomic E-state index is 12.9. The number of aryl methyl sites for hydroxylation is 1. The van der Waals surface area contributed by atoms with Crippen LogP contribution in [0.15, 0.2) is 60.8 Å². The largest absolute Gasteiger partial charge is 0.490 e. The second-order valence-corrected chi connectivity index (χ2v) is 14.2. The number of carbonyl (C=O) groups excluding carboxylic acids is 5. The maximum absolute atomic E-state index is 12.9. The van der Waals surface area contributed by atoms with Crippen molar-refractivity contribution in [2.45, 2.75) is 64.1 Å². The molecule has 1 aromatic heterocycles. The number of carbonyl (C=O) groups is 5. The molecule has 15 heteroatoms. The zero-order valence-electron chi connectivity index (χ0n) is 31.5. The SMILES string of the molecule is [C-]#[N+]c1ccc(NC(=O)[C@@](C)(O)COc2ccc(CNC(=O)CCCN3CCN(c4cc(CC(=O)N(C)C5CCC(=O)NC5=O)ccn4)CC3)cc2)cc1C. The number of nitrogens with zero attached hydrogens (tertiary/aromatic N) is 5. The van der Waals surface area contributed by atoms with Gasteiger partial charge in [-0.1, -0.05) is 18.2 Å². The lowest BCUT2D eigenvalue weighted by molar-refractivity contribution is -0.144. The monoisotopic (exact) mass is 752 g/mol. The maximum Gasteiger partial charge on any atom is 0.259 e. The summed E-state index contributed by atoms with van der Waals surface area (Å²) in [5.41, 5.74) is 1.56. The molecule has 4 N–H and O–H groups in total. The van der Waals surface area contributed by atoms with Crippen molar-refractivity contribution >= 4 is 46.7 Å². The molecule has 15 nitrogen and oxygen atoms in total. The van der Waals surface area contributed by atoms with Gasteiger partial charge in [-0.3, -0.25) is 34.2 Å². The number of anilines is 2. The van der Waals surface area contributed by atoms with E-state index < -0.39 is 23.5 Å². The van der Waals surface area contributed by atoms with Crippen LogP contribution < -0.4 is 25.6 Å². The van der Waals surface area contributed by atoms with Crippen LogP contribution in [-0.2, 0) is 36.9 Å². The van der Waals surface area contributed by atoms with Gasteiger partial charge in [-0.05, 0) is 86.3 Å². The zero-order valence-corrected chi connectivity index (χ0v) is 31.5. The van der Waals surface area contributed by atoms with Crippen molar-refractivity contribution in [3.8, 4) is 5.75 Å². The van der Waals surface area contributed by atoms with Crippen molar-refractivity contribution in [1.29, 1.82) is 0 Å². The Bertz CT molecular complexity index is 1920. The summed E-state index contributed by atoms with van der Waals surface area (Å²) >= 11 is 0. The highest BCUT2D eigenvalue weighted by Crippen LogP contribution is 2.24. The molecule has 2 atom stereocenters. The molecule has 1 unspecified atom stereocenters. The fraction of sp³-hybridized carbons (Fsp3) is 0.425. The van der Waals surface area contributed by atoms with E-state index in [2.05, 4.69) is 35.6 Å². The van der Waals surface area contributed by atoms with Crippen LogP contribution in [-0.4, -0.2) is 107 Å². The summed E-state index contributed by atoms with van der Waals surface area (Å²) < 4.78 is 5.68. The van der Waals surface area contributed by atoms with E-state index >= 15 is 0 Å². The van der Waals surface area contributed by atoms with Crippen LogP contribution in [0.3, 0.4) is 0 Å². The van der Waals surface area contributed by atoms with Gasteiger partial charge in [-0.2, -0.15) is 0 Å². The van der Waals surface area contributed by atoms with E-state index in [1.54, 1.807) is 56.6 Å². The minimum atomic E-state index is -1.81. The number of benzene rings is 2. The number of aliphatic hydroxyl groups is 1. The Morgan fingerprint density at radius 1 is 1.07 bits per heavy atom. The van der Waals surface area contributed by atoms with Crippen molar-refractivity contribution in [2.24, 2.45) is 0 Å². The zero-order chi connectivity index (χ0) is 39.5. The molecule has 0 aliphatic carbocycles. The lowest BCUT2D eigenvalue weighted by Gasteiger charge is -2.35. The van der Waals surface area contributed by atoms with Crippen molar-refractivity contribution < 1.29 is 33.8 Å². The molecule has 5 amide bonds. The van der Waals surface area contributed by atoms with E-state index in [0.717, 1.165) is 55.2 Å². The highest BCUT2D eigenvalue weighted by atomic mass is 16.5. The summed E-state index contributed by atoms with van der Waals surface area (Å²) in [7, 11) is 1.59. The Balaban J connectivity index is 0.966. The van der Waals surface area contributed by atoms with E-state index in [1.165, 1.54) is 11.8 Å². The van der Waals surface area contributed by atoms with Crippen LogP contribution in [0.4, 0.5) is 17.2 Å². The Hall–Kier alpha value is -5.85. The van der Waals surface area contributed by atoms with Crippen LogP contribution in [0.2, 0.25) is 0 Å². The lowest BCUT2D eigenvalue weighted by atomic mass is 10.0. The molecule has 3 aromatic rings. The quantitative estimate of drug-likeness (QED) is 0.133. The topological polar surface area (TPSA) is 178 Å². The van der Waals surface area contributed by atoms with Gasteiger partial charge in [0.05, 0.1) is 13.0 Å². The van der Waals surface area contributed by atoms with Crippen molar-refractivity contribution in [3.05, 3.63) is 88.9 Å². The first-order valence-electron chi connectivity index (χ1n) is 18.3. The summed E-state index contributed by atoms with van der Waals surface area (Å²) in [4.78, 5) is 75.7. The molecular formula is C40H48N8O7. The molecule has 3 heterocycles. The molecular weight excluding hydrogens is 704 g/mol. The molecule has 2 fully saturated rings. The molecule has 55 heavy (non-hydrogen) atoms. The van der Waals surface area contributed by atoms with Gasteiger partial charge in [0.2, 0.25) is 23.6 Å². The molecule has 2 saturated heterocycles. The molecule has 2 aliphatic heterocycles. The minimum Gasteiger partial charge on any atom is -0.490 e. The van der Waals surface area contributed by atoms with Gasteiger partial charge in [0.1, 0.15) is 24.2 Å². The van der Waals surface area contributed by atoms with Gasteiger partial charge >= 0.3 is 0 Å². The second kappa shape index (κ2) is 18.5. The smallest absolute Gasteiger partial charge is 0.259 e. The van der Waals surface area contributed by atoms with Crippen LogP contribution in [0.5, 0.6) is 5.75 Å². The molecule has 0 spiro atoms. The number of hydrogen-bond donors (Lipinski definition) is 4. The van der Waals surface area contributed by atoms with Gasteiger partial charge in [0, 0.05) is 64.5 Å². The van der Waals surface area contributed by atoms with E-state index in [9.17, 15) is 29.1 Å². The molecule has 0 radical (unpaired) electrons. The third-order valence-electron chi connectivity index (χ3n) is 9.81. The molecule has 2 aliphatic rings. The number of piperazine rings is 1. The Labute approximate surface area is 320 Å². The standard InChI is InChI=1S/C40H48N8O7/c1-27-22-30(9-12-32(27)41-3)44-39(53)40(2,54)26-55-31-10-7-28(8-11-31)25-43-35(49)6-5-17-47-18-20-48(21-19-47)34-23-29(15-16-42-34)24-37(51)46(4)33-13-14-36(50)45-38(33)52/h7-12,15-16,22-23,33,54H,5-6,13-14,17-21,24-26H2,1-2,4H3,(H,43,49)(H,44,53)(H,45,50,52)/t33?,40-/m0/s1. The average Bonchev–Trinajstić information content (AvgIpc) is 3.17. The highest BCUT2D eigenvalue weighted by molar-refractivity contribution is 6.01. The highest BCUT2D eigenvalue weighted by Gasteiger charge is 2.33. The van der Waals surface area contributed by atoms with Gasteiger partial charge in [-0.25, -0.2) is 9.83 Å². The number of likely N-dealkylation sites (N-methyl/N-ethyl adjacent to an activating group) is 1. The third kappa shape index (κ3) is 11.3. The number of nitrogens with one attached hydrogen (secondary N) is 3. The Morgan fingerprint density at radius 2 is 1.82 bits per heavy atom. The average molecular weight is 753 g/mol. The van der Waals surface area contributed by atoms with Crippen LogP contribution in [0, 0.1) is 13.5 Å². The number of aromatic nitrogens is 1. The van der Waals surface area contributed by atoms with Gasteiger partial charge < -0.3 is 30.3 Å². The lowest BCUT2D eigenvalue weighted by Crippen LogP contribution is -2.53. The van der Waals surface area contributed by atoms with Crippen LogP contribution in [0.1, 0.15) is 49.3 Å². The number of hydrogen-bond acceptors (Lipinski definition) is 10. The van der Waals surface area contributed by atoms with Gasteiger partial charge in [0.25, 0.3) is 5.91 Å². The number of pyridine rings is 1. The molecule has 0 saturated carbocycles. The second-order valence-electron chi connectivity index (χ2n) is 14.2. The summed E-state index contributed by atoms with van der Waals surface area (Å²) in [5.74, 6) is -0.375. The summed E-state index contributed by atoms with van der Waals surface area (Å²) in [5, 5.41) is 18.6. The first-order valence-corrected chi connectivity index (χ1v) is 18.3. The fourth-order valence-electron chi connectivity index (χ4n) is 6.34. The van der Waals surface area contributed by atoms with Crippen LogP contribution in [0.25, 0.3) is 4.85 Å². The summed E-state index contributed by atoms with van der Waals surface area (Å²) in [6.07, 6.45) is 3.46. The Morgan fingerprint density at radius 3 is 2.51 bits per heavy atom. The number of amides is 5. The van der Waals surface area contributed by atoms with E-state index in [1.807, 2.05) is 18.2 Å². The van der Waals surface area contributed by atoms with E-state index in [4.69, 9.17) is 11.3 Å². The molecule has 5 rings (SSSR count). The minimum absolute atomic E-state index is 0.0428. The van der Waals surface area contributed by atoms with E-state index in [0.29, 0.717) is 42.9 Å². The predicted octanol–water partition coefficient (Wildman–Crippen LogP) is 2.73. The molecule has 0 bridgehead atoms. The summed E-state index contributed by atoms with van der Waals surface area (Å²) in [6, 6.07) is 15.0. The number of imide groups is 1. The van der Waals surface area contributed by atoms with E-state index in [-0.39, 0.29) is 37.2 Å². The molecule has 290 valence electrons. The fourth-order valence-corrected chi connectivity index (χ4v) is 6.34. The first-order chi connectivity index (χ1) is 26.3. The first kappa shape index (κ1) is 40.3. The van der Waals surface area contributed by atoms with Crippen molar-refractivity contribution in [2.75, 3.05) is 56.6 Å². The predicted molar refractivity (Wildman–Crippen MR) is 205 cm³/mol.